The van der Waals surface area contributed by atoms with Gasteiger partial charge in [-0.2, -0.15) is 0 Å². The van der Waals surface area contributed by atoms with Crippen LogP contribution >= 0.6 is 0 Å². The van der Waals surface area contributed by atoms with E-state index in [-0.39, 0.29) is 18.7 Å². The highest BCUT2D eigenvalue weighted by molar-refractivity contribution is 6.03. The molecule has 0 fully saturated rings. The molecule has 0 saturated carbocycles. The second-order valence-corrected chi connectivity index (χ2v) is 13.1. The Kier molecular flexibility index (Phi) is 10.2. The number of nitrogens with one attached hydrogen (secondary N) is 4. The highest BCUT2D eigenvalue weighted by atomic mass is 16.5. The predicted octanol–water partition coefficient (Wildman–Crippen LogP) is 6.61. The Hall–Kier alpha value is -4.99. The van der Waals surface area contributed by atoms with E-state index in [9.17, 15) is 24.6 Å². The van der Waals surface area contributed by atoms with Crippen LogP contribution in [0.1, 0.15) is 102 Å². The molecule has 0 aromatic carbocycles. The average Bonchev–Trinajstić information content (AvgIpc) is 3.62. The Bertz CT molecular complexity index is 1820. The fourth-order valence-corrected chi connectivity index (χ4v) is 6.20. The van der Waals surface area contributed by atoms with Crippen molar-refractivity contribution in [1.29, 1.82) is 0 Å². The molecule has 4 heterocycles. The summed E-state index contributed by atoms with van der Waals surface area (Å²) in [5, 5.41) is 22.0. The normalized spacial score (nSPS) is 14.2. The van der Waals surface area contributed by atoms with Crippen molar-refractivity contribution in [3.05, 3.63) is 97.9 Å². The number of carbonyl (C=O) groups is 3. The Balaban J connectivity index is 1.78. The van der Waals surface area contributed by atoms with E-state index >= 15 is 0 Å². The largest absolute Gasteiger partial charge is 0.481 e. The van der Waals surface area contributed by atoms with Gasteiger partial charge in [0.2, 0.25) is 0 Å². The molecule has 0 saturated heterocycles. The van der Waals surface area contributed by atoms with E-state index in [1.54, 1.807) is 0 Å². The smallest absolute Gasteiger partial charge is 0.303 e. The Morgan fingerprint density at radius 2 is 1.36 bits per heavy atom. The molecule has 0 aliphatic carbocycles. The maximum Gasteiger partial charge on any atom is 0.303 e. The van der Waals surface area contributed by atoms with Crippen LogP contribution < -0.4 is 10.1 Å². The molecule has 0 spiro atoms. The van der Waals surface area contributed by atoms with Gasteiger partial charge in [-0.15, -0.1) is 0 Å². The molecule has 0 atom stereocenters. The van der Waals surface area contributed by atoms with Crippen molar-refractivity contribution >= 4 is 30.0 Å². The van der Waals surface area contributed by atoms with E-state index in [0.29, 0.717) is 42.8 Å². The molecule has 6 N–H and O–H groups in total. The van der Waals surface area contributed by atoms with Crippen LogP contribution in [0.15, 0.2) is 36.1 Å². The first-order valence-corrected chi connectivity index (χ1v) is 15.8. The van der Waals surface area contributed by atoms with Gasteiger partial charge in [-0.25, -0.2) is 0 Å². The second kappa shape index (κ2) is 13.8. The molecule has 0 radical (unpaired) electrons. The van der Waals surface area contributed by atoms with Crippen LogP contribution in [0.25, 0.3) is 12.2 Å². The molecule has 10 heteroatoms. The first-order valence-electron chi connectivity index (χ1n) is 15.8. The molecule has 0 unspecified atom stereocenters. The van der Waals surface area contributed by atoms with Gasteiger partial charge in [0.05, 0.1) is 0 Å². The summed E-state index contributed by atoms with van der Waals surface area (Å²) in [4.78, 5) is 46.2. The lowest BCUT2D eigenvalue weighted by Crippen LogP contribution is -2.23. The molecule has 4 rings (SSSR count). The number of carboxylic acids is 2. The quantitative estimate of drug-likeness (QED) is 0.116. The van der Waals surface area contributed by atoms with Crippen LogP contribution in [0, 0.1) is 20.8 Å². The summed E-state index contributed by atoms with van der Waals surface area (Å²) in [6, 6.07) is 0. The molecule has 1 amide bonds. The van der Waals surface area contributed by atoms with Crippen molar-refractivity contribution < 1.29 is 29.3 Å². The van der Waals surface area contributed by atoms with Crippen molar-refractivity contribution in [3.8, 4) is 5.88 Å². The fraction of sp³-hybridized carbons (Fsp3) is 0.378. The molecule has 250 valence electrons. The van der Waals surface area contributed by atoms with Crippen LogP contribution in [0.4, 0.5) is 0 Å². The molecule has 47 heavy (non-hydrogen) atoms. The molecular formula is C37H46N4O6. The van der Waals surface area contributed by atoms with Gasteiger partial charge in [0.1, 0.15) is 5.60 Å². The lowest BCUT2D eigenvalue weighted by molar-refractivity contribution is -0.138. The Labute approximate surface area is 275 Å². The first-order chi connectivity index (χ1) is 22.0. The van der Waals surface area contributed by atoms with Crippen molar-refractivity contribution in [1.82, 2.24) is 20.3 Å². The van der Waals surface area contributed by atoms with Gasteiger partial charge >= 0.3 is 11.9 Å². The van der Waals surface area contributed by atoms with E-state index in [4.69, 9.17) is 4.74 Å². The summed E-state index contributed by atoms with van der Waals surface area (Å²) in [7, 11) is 0. The van der Waals surface area contributed by atoms with Gasteiger partial charge in [-0.05, 0) is 95.2 Å². The van der Waals surface area contributed by atoms with Crippen LogP contribution in [-0.4, -0.2) is 48.6 Å². The van der Waals surface area contributed by atoms with Gasteiger partial charge in [0.25, 0.3) is 5.91 Å². The minimum Gasteiger partial charge on any atom is -0.481 e. The summed E-state index contributed by atoms with van der Waals surface area (Å²) < 4.78 is 6.17. The van der Waals surface area contributed by atoms with Crippen molar-refractivity contribution in [2.24, 2.45) is 0 Å². The van der Waals surface area contributed by atoms with E-state index in [0.717, 1.165) is 67.4 Å². The molecule has 0 bridgehead atoms. The topological polar surface area (TPSA) is 160 Å². The highest BCUT2D eigenvalue weighted by Gasteiger charge is 2.25. The molecule has 3 aromatic rings. The van der Waals surface area contributed by atoms with Crippen molar-refractivity contribution in [3.63, 3.8) is 0 Å². The number of aromatic nitrogens is 3. The average molecular weight is 643 g/mol. The molecule has 3 aromatic heterocycles. The number of carbonyl (C=O) groups excluding carboxylic acids is 1. The molecule has 10 nitrogen and oxygen atoms in total. The SMILES string of the molecule is C=CC1=C(C)/C(=C/c2[nH]c(Cc3[nH]c(Cc4[nH]c(OC(C)(C)C)c(C)c4C=C)c(C)c3CCC(=O)O)c(CCC(=O)O)c2C)NC1=O. The summed E-state index contributed by atoms with van der Waals surface area (Å²) in [6.07, 6.45) is 6.71. The number of allylic oxidation sites excluding steroid dienone is 1. The zero-order chi connectivity index (χ0) is 34.8. The van der Waals surface area contributed by atoms with Crippen LogP contribution in [-0.2, 0) is 40.1 Å². The van der Waals surface area contributed by atoms with Gasteiger partial charge in [0, 0.05) is 76.5 Å². The zero-order valence-electron chi connectivity index (χ0n) is 28.4. The summed E-state index contributed by atoms with van der Waals surface area (Å²) >= 11 is 0. The lowest BCUT2D eigenvalue weighted by atomic mass is 9.98. The van der Waals surface area contributed by atoms with Crippen molar-refractivity contribution in [2.45, 2.75) is 92.6 Å². The molecular weight excluding hydrogens is 596 g/mol. The minimum atomic E-state index is -0.900. The summed E-state index contributed by atoms with van der Waals surface area (Å²) in [5.74, 6) is -1.31. The van der Waals surface area contributed by atoms with E-state index in [1.807, 2.05) is 60.6 Å². The number of aromatic amines is 3. The van der Waals surface area contributed by atoms with E-state index < -0.39 is 17.5 Å². The third-order valence-electron chi connectivity index (χ3n) is 8.70. The number of H-pyrrole nitrogens is 3. The number of hydrogen-bond donors (Lipinski definition) is 6. The maximum absolute atomic E-state index is 12.4. The fourth-order valence-electron chi connectivity index (χ4n) is 6.20. The van der Waals surface area contributed by atoms with Gasteiger partial charge in [0.15, 0.2) is 5.88 Å². The molecule has 1 aliphatic heterocycles. The number of amides is 1. The van der Waals surface area contributed by atoms with E-state index in [2.05, 4.69) is 33.4 Å². The third-order valence-corrected chi connectivity index (χ3v) is 8.70. The number of aliphatic carboxylic acids is 2. The van der Waals surface area contributed by atoms with Crippen LogP contribution in [0.5, 0.6) is 5.88 Å². The minimum absolute atomic E-state index is 0.0296. The van der Waals surface area contributed by atoms with Gasteiger partial charge in [-0.3, -0.25) is 14.4 Å². The van der Waals surface area contributed by atoms with E-state index in [1.165, 1.54) is 6.08 Å². The lowest BCUT2D eigenvalue weighted by Gasteiger charge is -2.20. The monoisotopic (exact) mass is 642 g/mol. The van der Waals surface area contributed by atoms with Crippen molar-refractivity contribution in [2.75, 3.05) is 0 Å². The van der Waals surface area contributed by atoms with Crippen LogP contribution in [0.3, 0.4) is 0 Å². The number of hydrogen-bond acceptors (Lipinski definition) is 4. The van der Waals surface area contributed by atoms with Gasteiger partial charge < -0.3 is 35.2 Å². The summed E-state index contributed by atoms with van der Waals surface area (Å²) in [5.41, 5.74) is 11.5. The summed E-state index contributed by atoms with van der Waals surface area (Å²) in [6.45, 7) is 21.5. The maximum atomic E-state index is 12.4. The number of rotatable bonds is 14. The number of ether oxygens (including phenoxy) is 1. The zero-order valence-corrected chi connectivity index (χ0v) is 28.4. The third kappa shape index (κ3) is 7.70. The Morgan fingerprint density at radius 3 is 1.89 bits per heavy atom. The number of carboxylic acid groups (broad SMARTS) is 2. The molecule has 1 aliphatic rings. The predicted molar refractivity (Wildman–Crippen MR) is 184 cm³/mol. The standard InChI is InChI=1S/C37H46N4O6/c1-10-23-22(6)36(47-37(7,8)9)41-30(23)17-28-21(5)26(13-15-34(44)45)32(39-28)18-31-25(12-14-33(42)43)20(4)27(38-31)16-29-19(3)24(11-2)35(46)40-29/h10-11,16,38-39,41H,1-2,12-15,17-18H2,3-9H3,(H,40,46)(H,42,43)(H,44,45)/b29-16-. The first kappa shape index (κ1) is 34.9. The highest BCUT2D eigenvalue weighted by Crippen LogP contribution is 2.33. The van der Waals surface area contributed by atoms with Gasteiger partial charge in [-0.1, -0.05) is 25.3 Å². The van der Waals surface area contributed by atoms with Crippen LogP contribution in [0.2, 0.25) is 0 Å². The Morgan fingerprint density at radius 1 is 0.787 bits per heavy atom. The second-order valence-electron chi connectivity index (χ2n) is 13.1.